The van der Waals surface area contributed by atoms with E-state index in [9.17, 15) is 19.5 Å². The summed E-state index contributed by atoms with van der Waals surface area (Å²) in [6.45, 7) is 2.83. The van der Waals surface area contributed by atoms with Gasteiger partial charge in [-0.1, -0.05) is 62.4 Å². The number of hydrogen-bond acceptors (Lipinski definition) is 4. The molecule has 8 nitrogen and oxygen atoms in total. The number of carbonyl (C=O) groups excluding carboxylic acids is 2. The topological polar surface area (TPSA) is 119 Å². The van der Waals surface area contributed by atoms with Crippen molar-refractivity contribution < 1.29 is 24.6 Å². The van der Waals surface area contributed by atoms with Gasteiger partial charge in [0.1, 0.15) is 6.04 Å². The Hall–Kier alpha value is -2.61. The fourth-order valence-corrected chi connectivity index (χ4v) is 4.47. The van der Waals surface area contributed by atoms with Crippen molar-refractivity contribution in [2.45, 2.75) is 76.8 Å². The number of carboxylic acid groups (broad SMARTS) is 1. The number of aliphatic hydroxyl groups excluding tert-OH is 1. The summed E-state index contributed by atoms with van der Waals surface area (Å²) in [5.41, 5.74) is 1.17. The van der Waals surface area contributed by atoms with Crippen molar-refractivity contribution in [1.29, 1.82) is 0 Å². The molecule has 1 fully saturated rings. The van der Waals surface area contributed by atoms with Crippen LogP contribution in [0.5, 0.6) is 0 Å². The lowest BCUT2D eigenvalue weighted by Crippen LogP contribution is -2.51. The molecule has 2 unspecified atom stereocenters. The molecule has 1 aliphatic rings. The Kier molecular flexibility index (Phi) is 11.7. The first kappa shape index (κ1) is 26.6. The summed E-state index contributed by atoms with van der Waals surface area (Å²) >= 11 is 0. The van der Waals surface area contributed by atoms with Crippen LogP contribution in [0.25, 0.3) is 0 Å². The third-order valence-corrected chi connectivity index (χ3v) is 6.43. The number of hydrogen-bond donors (Lipinski definition) is 4. The van der Waals surface area contributed by atoms with Gasteiger partial charge in [-0.2, -0.15) is 0 Å². The quantitative estimate of drug-likeness (QED) is 0.360. The van der Waals surface area contributed by atoms with Gasteiger partial charge in [0, 0.05) is 19.5 Å². The third-order valence-electron chi connectivity index (χ3n) is 6.43. The smallest absolute Gasteiger partial charge is 0.405 e. The van der Waals surface area contributed by atoms with Gasteiger partial charge in [-0.15, -0.1) is 0 Å². The van der Waals surface area contributed by atoms with Gasteiger partial charge in [0.05, 0.1) is 12.6 Å². The van der Waals surface area contributed by atoms with Crippen LogP contribution < -0.4 is 10.6 Å². The van der Waals surface area contributed by atoms with E-state index in [1.54, 1.807) is 4.90 Å². The van der Waals surface area contributed by atoms with Gasteiger partial charge in [0.2, 0.25) is 11.8 Å². The summed E-state index contributed by atoms with van der Waals surface area (Å²) in [6, 6.07) is 8.52. The number of carbonyl (C=O) groups is 3. The lowest BCUT2D eigenvalue weighted by atomic mass is 9.84. The minimum Gasteiger partial charge on any atom is -0.465 e. The van der Waals surface area contributed by atoms with Crippen molar-refractivity contribution >= 4 is 17.9 Å². The van der Waals surface area contributed by atoms with Crippen LogP contribution >= 0.6 is 0 Å². The number of nitrogens with zero attached hydrogens (tertiary/aromatic N) is 1. The lowest BCUT2D eigenvalue weighted by Gasteiger charge is -2.27. The zero-order valence-electron chi connectivity index (χ0n) is 19.7. The fourth-order valence-electron chi connectivity index (χ4n) is 4.47. The van der Waals surface area contributed by atoms with E-state index in [0.717, 1.165) is 32.1 Å². The van der Waals surface area contributed by atoms with Crippen molar-refractivity contribution in [2.24, 2.45) is 5.92 Å². The van der Waals surface area contributed by atoms with Crippen LogP contribution in [0.15, 0.2) is 30.3 Å². The predicted octanol–water partition coefficient (Wildman–Crippen LogP) is 2.94. The van der Waals surface area contributed by atoms with Gasteiger partial charge in [-0.25, -0.2) is 4.79 Å². The molecule has 0 bridgehead atoms. The van der Waals surface area contributed by atoms with Crippen LogP contribution in [-0.4, -0.2) is 64.8 Å². The maximum Gasteiger partial charge on any atom is 0.405 e. The lowest BCUT2D eigenvalue weighted by molar-refractivity contribution is -0.131. The standard InChI is InChI=1S/C25H39N3O5/c1-2-28(16-15-19-9-5-3-6-10-19)23(30)14-13-21(18-29)26-24(31)22(27-25(32)33)17-20-11-7-4-8-12-20/h3,5-6,9-10,20-22,27,29H,2,4,7-8,11-18H2,1H3,(H,26,31)(H,32,33). The number of amides is 3. The molecule has 0 saturated heterocycles. The molecule has 0 spiro atoms. The number of likely N-dealkylation sites (N-methyl/N-ethyl adjacent to an activating group) is 1. The van der Waals surface area contributed by atoms with Crippen LogP contribution in [0.2, 0.25) is 0 Å². The van der Waals surface area contributed by atoms with Crippen molar-refractivity contribution in [3.05, 3.63) is 35.9 Å². The molecule has 0 aliphatic heterocycles. The average Bonchev–Trinajstić information content (AvgIpc) is 2.82. The maximum absolute atomic E-state index is 12.8. The highest BCUT2D eigenvalue weighted by Gasteiger charge is 2.27. The second-order valence-corrected chi connectivity index (χ2v) is 8.88. The zero-order chi connectivity index (χ0) is 24.1. The second-order valence-electron chi connectivity index (χ2n) is 8.88. The van der Waals surface area contributed by atoms with Crippen molar-refractivity contribution in [1.82, 2.24) is 15.5 Å². The SMILES string of the molecule is CCN(CCc1ccccc1)C(=O)CCC(CO)NC(=O)C(CC1CCCCC1)NC(=O)O. The highest BCUT2D eigenvalue weighted by molar-refractivity contribution is 5.85. The molecular formula is C25H39N3O5. The third kappa shape index (κ3) is 9.82. The van der Waals surface area contributed by atoms with E-state index < -0.39 is 24.1 Å². The minimum absolute atomic E-state index is 0.0245. The Balaban J connectivity index is 1.84. The van der Waals surface area contributed by atoms with E-state index >= 15 is 0 Å². The maximum atomic E-state index is 12.8. The number of nitrogens with one attached hydrogen (secondary N) is 2. The highest BCUT2D eigenvalue weighted by Crippen LogP contribution is 2.27. The molecule has 1 aliphatic carbocycles. The van der Waals surface area contributed by atoms with Crippen LogP contribution in [0.4, 0.5) is 4.79 Å². The first-order chi connectivity index (χ1) is 15.9. The first-order valence-corrected chi connectivity index (χ1v) is 12.1. The predicted molar refractivity (Wildman–Crippen MR) is 127 cm³/mol. The molecule has 1 aromatic carbocycles. The molecule has 2 rings (SSSR count). The average molecular weight is 462 g/mol. The van der Waals surface area contributed by atoms with Crippen LogP contribution in [0.3, 0.4) is 0 Å². The van der Waals surface area contributed by atoms with E-state index in [2.05, 4.69) is 10.6 Å². The van der Waals surface area contributed by atoms with E-state index in [1.807, 2.05) is 37.3 Å². The van der Waals surface area contributed by atoms with E-state index in [1.165, 1.54) is 12.0 Å². The molecule has 33 heavy (non-hydrogen) atoms. The van der Waals surface area contributed by atoms with E-state index in [-0.39, 0.29) is 18.9 Å². The molecule has 0 aromatic heterocycles. The van der Waals surface area contributed by atoms with Gasteiger partial charge < -0.3 is 25.7 Å². The molecule has 0 heterocycles. The Morgan fingerprint density at radius 3 is 2.39 bits per heavy atom. The molecule has 1 aromatic rings. The van der Waals surface area contributed by atoms with Gasteiger partial charge in [0.15, 0.2) is 0 Å². The molecule has 8 heteroatoms. The Labute approximate surface area is 196 Å². The Morgan fingerprint density at radius 2 is 1.79 bits per heavy atom. The normalized spacial score (nSPS) is 15.9. The molecule has 4 N–H and O–H groups in total. The highest BCUT2D eigenvalue weighted by atomic mass is 16.4. The number of aliphatic hydroxyl groups is 1. The second kappa shape index (κ2) is 14.5. The molecule has 0 radical (unpaired) electrons. The van der Waals surface area contributed by atoms with Crippen molar-refractivity contribution in [3.63, 3.8) is 0 Å². The molecule has 1 saturated carbocycles. The Bertz CT molecular complexity index is 737. The summed E-state index contributed by atoms with van der Waals surface area (Å²) in [6.07, 6.45) is 5.87. The van der Waals surface area contributed by atoms with Gasteiger partial charge >= 0.3 is 6.09 Å². The van der Waals surface area contributed by atoms with Crippen LogP contribution in [-0.2, 0) is 16.0 Å². The van der Waals surface area contributed by atoms with E-state index in [0.29, 0.717) is 31.8 Å². The monoisotopic (exact) mass is 461 g/mol. The molecule has 2 atom stereocenters. The molecular weight excluding hydrogens is 422 g/mol. The van der Waals surface area contributed by atoms with Gasteiger partial charge in [-0.3, -0.25) is 9.59 Å². The summed E-state index contributed by atoms with van der Waals surface area (Å²) in [4.78, 5) is 38.4. The Morgan fingerprint density at radius 1 is 1.09 bits per heavy atom. The largest absolute Gasteiger partial charge is 0.465 e. The summed E-state index contributed by atoms with van der Waals surface area (Å²) < 4.78 is 0. The number of rotatable bonds is 13. The van der Waals surface area contributed by atoms with Crippen molar-refractivity contribution in [3.8, 4) is 0 Å². The number of benzene rings is 1. The summed E-state index contributed by atoms with van der Waals surface area (Å²) in [5.74, 6) is -0.146. The zero-order valence-corrected chi connectivity index (χ0v) is 19.7. The van der Waals surface area contributed by atoms with Gasteiger partial charge in [0.25, 0.3) is 0 Å². The van der Waals surface area contributed by atoms with Crippen LogP contribution in [0.1, 0.15) is 63.9 Å². The van der Waals surface area contributed by atoms with Crippen molar-refractivity contribution in [2.75, 3.05) is 19.7 Å². The fraction of sp³-hybridized carbons (Fsp3) is 0.640. The minimum atomic E-state index is -1.24. The van der Waals surface area contributed by atoms with E-state index in [4.69, 9.17) is 5.11 Å². The van der Waals surface area contributed by atoms with Crippen LogP contribution in [0, 0.1) is 5.92 Å². The summed E-state index contributed by atoms with van der Waals surface area (Å²) in [5, 5.41) is 24.0. The first-order valence-electron chi connectivity index (χ1n) is 12.1. The molecule has 184 valence electrons. The molecule has 3 amide bonds. The van der Waals surface area contributed by atoms with Gasteiger partial charge in [-0.05, 0) is 37.7 Å². The summed E-state index contributed by atoms with van der Waals surface area (Å²) in [7, 11) is 0.